The number of hydrogen-bond acceptors (Lipinski definition) is 2. The average Bonchev–Trinajstić information content (AvgIpc) is 2.22. The van der Waals surface area contributed by atoms with Gasteiger partial charge in [-0.15, -0.1) is 0 Å². The van der Waals surface area contributed by atoms with Crippen LogP contribution < -0.4 is 11.1 Å². The molecule has 0 spiro atoms. The number of aryl methyl sites for hydroxylation is 1. The van der Waals surface area contributed by atoms with Gasteiger partial charge in [0.1, 0.15) is 11.6 Å². The van der Waals surface area contributed by atoms with Gasteiger partial charge in [0.25, 0.3) is 0 Å². The number of nitrogens with one attached hydrogen (secondary N) is 1. The molecule has 0 aliphatic rings. The Balaban J connectivity index is 2.28. The summed E-state index contributed by atoms with van der Waals surface area (Å²) in [6, 6.07) is 8.84. The van der Waals surface area contributed by atoms with Gasteiger partial charge in [-0.3, -0.25) is 0 Å². The van der Waals surface area contributed by atoms with Gasteiger partial charge < -0.3 is 11.1 Å². The molecule has 17 heavy (non-hydrogen) atoms. The number of rotatable bonds is 2. The molecular weight excluding hydrogens is 222 g/mol. The molecule has 88 valence electrons. The first-order valence-corrected chi connectivity index (χ1v) is 5.14. The van der Waals surface area contributed by atoms with Gasteiger partial charge in [0, 0.05) is 17.1 Å². The van der Waals surface area contributed by atoms with E-state index in [1.807, 2.05) is 0 Å². The van der Waals surface area contributed by atoms with Crippen molar-refractivity contribution in [1.29, 1.82) is 0 Å². The highest BCUT2D eigenvalue weighted by molar-refractivity contribution is 5.64. The van der Waals surface area contributed by atoms with E-state index in [1.54, 1.807) is 25.1 Å². The second-order valence-corrected chi connectivity index (χ2v) is 3.86. The molecule has 4 heteroatoms. The SMILES string of the molecule is Cc1ccc(Nc2cc(N)cc(F)c2)cc1F. The maximum atomic E-state index is 13.3. The van der Waals surface area contributed by atoms with Gasteiger partial charge >= 0.3 is 0 Å². The highest BCUT2D eigenvalue weighted by Crippen LogP contribution is 2.22. The van der Waals surface area contributed by atoms with Crippen LogP contribution in [0.15, 0.2) is 36.4 Å². The van der Waals surface area contributed by atoms with Gasteiger partial charge in [-0.1, -0.05) is 6.07 Å². The summed E-state index contributed by atoms with van der Waals surface area (Å²) in [7, 11) is 0. The fourth-order valence-corrected chi connectivity index (χ4v) is 1.52. The quantitative estimate of drug-likeness (QED) is 0.779. The van der Waals surface area contributed by atoms with E-state index < -0.39 is 5.82 Å². The fraction of sp³-hybridized carbons (Fsp3) is 0.0769. The summed E-state index contributed by atoms with van der Waals surface area (Å²) in [6.07, 6.45) is 0. The summed E-state index contributed by atoms with van der Waals surface area (Å²) in [5.74, 6) is -0.737. The standard InChI is InChI=1S/C13H12F2N2/c1-8-2-3-11(7-13(8)15)17-12-5-9(14)4-10(16)6-12/h2-7,17H,16H2,1H3. The van der Waals surface area contributed by atoms with Crippen molar-refractivity contribution < 1.29 is 8.78 Å². The molecule has 0 heterocycles. The predicted octanol–water partition coefficient (Wildman–Crippen LogP) is 3.60. The second-order valence-electron chi connectivity index (χ2n) is 3.86. The number of halogens is 2. The molecule has 2 aromatic carbocycles. The van der Waals surface area contributed by atoms with Gasteiger partial charge in [0.05, 0.1) is 0 Å². The number of nitrogens with two attached hydrogens (primary N) is 1. The third kappa shape index (κ3) is 2.72. The number of nitrogen functional groups attached to an aromatic ring is 1. The Morgan fingerprint density at radius 2 is 1.76 bits per heavy atom. The summed E-state index contributed by atoms with van der Waals surface area (Å²) in [6.45, 7) is 1.68. The Labute approximate surface area is 98.1 Å². The zero-order valence-electron chi connectivity index (χ0n) is 9.30. The maximum Gasteiger partial charge on any atom is 0.128 e. The van der Waals surface area contributed by atoms with Crippen LogP contribution in [0.4, 0.5) is 25.8 Å². The highest BCUT2D eigenvalue weighted by atomic mass is 19.1. The van der Waals surface area contributed by atoms with Gasteiger partial charge in [-0.2, -0.15) is 0 Å². The second kappa shape index (κ2) is 4.41. The predicted molar refractivity (Wildman–Crippen MR) is 65.2 cm³/mol. The van der Waals surface area contributed by atoms with Crippen molar-refractivity contribution in [2.75, 3.05) is 11.1 Å². The molecular formula is C13H12F2N2. The van der Waals surface area contributed by atoms with E-state index in [1.165, 1.54) is 18.2 Å². The maximum absolute atomic E-state index is 13.3. The van der Waals surface area contributed by atoms with Crippen LogP contribution in [0.25, 0.3) is 0 Å². The normalized spacial score (nSPS) is 10.3. The van der Waals surface area contributed by atoms with Crippen molar-refractivity contribution in [2.45, 2.75) is 6.92 Å². The summed E-state index contributed by atoms with van der Waals surface area (Å²) in [4.78, 5) is 0. The van der Waals surface area contributed by atoms with Crippen LogP contribution in [0, 0.1) is 18.6 Å². The van der Waals surface area contributed by atoms with Crippen molar-refractivity contribution in [1.82, 2.24) is 0 Å². The number of benzene rings is 2. The van der Waals surface area contributed by atoms with Gasteiger partial charge in [-0.05, 0) is 42.8 Å². The van der Waals surface area contributed by atoms with E-state index >= 15 is 0 Å². The van der Waals surface area contributed by atoms with Crippen molar-refractivity contribution in [3.05, 3.63) is 53.6 Å². The highest BCUT2D eigenvalue weighted by Gasteiger charge is 2.02. The van der Waals surface area contributed by atoms with Crippen LogP contribution >= 0.6 is 0 Å². The summed E-state index contributed by atoms with van der Waals surface area (Å²) < 4.78 is 26.4. The first-order chi connectivity index (χ1) is 8.04. The smallest absolute Gasteiger partial charge is 0.128 e. The van der Waals surface area contributed by atoms with Crippen LogP contribution in [0.2, 0.25) is 0 Å². The van der Waals surface area contributed by atoms with Gasteiger partial charge in [0.15, 0.2) is 0 Å². The molecule has 0 aliphatic carbocycles. The Kier molecular flexibility index (Phi) is 2.95. The molecule has 2 aromatic rings. The molecule has 2 rings (SSSR count). The minimum atomic E-state index is -0.430. The van der Waals surface area contributed by atoms with Gasteiger partial charge in [0.2, 0.25) is 0 Å². The van der Waals surface area contributed by atoms with E-state index in [2.05, 4.69) is 5.32 Å². The monoisotopic (exact) mass is 234 g/mol. The van der Waals surface area contributed by atoms with Crippen LogP contribution in [0.5, 0.6) is 0 Å². The lowest BCUT2D eigenvalue weighted by Gasteiger charge is -2.08. The first kappa shape index (κ1) is 11.4. The molecule has 0 atom stereocenters. The zero-order valence-corrected chi connectivity index (χ0v) is 9.30. The van der Waals surface area contributed by atoms with Crippen LogP contribution in [-0.4, -0.2) is 0 Å². The van der Waals surface area contributed by atoms with Crippen LogP contribution in [-0.2, 0) is 0 Å². The molecule has 0 aliphatic heterocycles. The van der Waals surface area contributed by atoms with E-state index in [-0.39, 0.29) is 5.82 Å². The van der Waals surface area contributed by atoms with Crippen molar-refractivity contribution in [2.24, 2.45) is 0 Å². The Morgan fingerprint density at radius 3 is 2.41 bits per heavy atom. The topological polar surface area (TPSA) is 38.0 Å². The zero-order chi connectivity index (χ0) is 12.4. The molecule has 0 aromatic heterocycles. The number of anilines is 3. The van der Waals surface area contributed by atoms with Gasteiger partial charge in [-0.25, -0.2) is 8.78 Å². The van der Waals surface area contributed by atoms with Crippen molar-refractivity contribution in [3.8, 4) is 0 Å². The molecule has 0 fully saturated rings. The largest absolute Gasteiger partial charge is 0.399 e. The third-order valence-electron chi connectivity index (χ3n) is 2.38. The van der Waals surface area contributed by atoms with E-state index in [9.17, 15) is 8.78 Å². The van der Waals surface area contributed by atoms with E-state index in [0.717, 1.165) is 0 Å². The molecule has 0 amide bonds. The molecule has 0 bridgehead atoms. The molecule has 2 nitrogen and oxygen atoms in total. The third-order valence-corrected chi connectivity index (χ3v) is 2.38. The minimum Gasteiger partial charge on any atom is -0.399 e. The Bertz CT molecular complexity index is 533. The van der Waals surface area contributed by atoms with Crippen molar-refractivity contribution in [3.63, 3.8) is 0 Å². The first-order valence-electron chi connectivity index (χ1n) is 5.14. The average molecular weight is 234 g/mol. The van der Waals surface area contributed by atoms with Crippen molar-refractivity contribution >= 4 is 17.1 Å². The Morgan fingerprint density at radius 1 is 1.00 bits per heavy atom. The lowest BCUT2D eigenvalue weighted by molar-refractivity contribution is 0.619. The fourth-order valence-electron chi connectivity index (χ4n) is 1.52. The molecule has 3 N–H and O–H groups in total. The minimum absolute atomic E-state index is 0.306. The Hall–Kier alpha value is -2.10. The lowest BCUT2D eigenvalue weighted by Crippen LogP contribution is -1.95. The van der Waals surface area contributed by atoms with E-state index in [0.29, 0.717) is 22.6 Å². The molecule has 0 radical (unpaired) electrons. The van der Waals surface area contributed by atoms with Crippen LogP contribution in [0.3, 0.4) is 0 Å². The summed E-state index contributed by atoms with van der Waals surface area (Å²) in [5.41, 5.74) is 7.44. The lowest BCUT2D eigenvalue weighted by atomic mass is 10.2. The molecule has 0 saturated carbocycles. The van der Waals surface area contributed by atoms with E-state index in [4.69, 9.17) is 5.73 Å². The number of hydrogen-bond donors (Lipinski definition) is 2. The summed E-state index contributed by atoms with van der Waals surface area (Å²) >= 11 is 0. The molecule has 0 unspecified atom stereocenters. The summed E-state index contributed by atoms with van der Waals surface area (Å²) in [5, 5.41) is 2.89. The van der Waals surface area contributed by atoms with Crippen LogP contribution in [0.1, 0.15) is 5.56 Å². The molecule has 0 saturated heterocycles.